The Bertz CT molecular complexity index is 759. The second-order valence-corrected chi connectivity index (χ2v) is 8.27. The fraction of sp³-hybridized carbons (Fsp3) is 0.533. The first kappa shape index (κ1) is 15.7. The summed E-state index contributed by atoms with van der Waals surface area (Å²) in [6.45, 7) is 3.51. The van der Waals surface area contributed by atoms with E-state index in [9.17, 15) is 14.7 Å². The molecule has 4 rings (SSSR count). The predicted octanol–water partition coefficient (Wildman–Crippen LogP) is 1.76. The van der Waals surface area contributed by atoms with E-state index >= 15 is 0 Å². The zero-order valence-corrected chi connectivity index (χ0v) is 15.3. The fourth-order valence-corrected chi connectivity index (χ4v) is 4.87. The topological polar surface area (TPSA) is 79.7 Å². The van der Waals surface area contributed by atoms with Gasteiger partial charge in [-0.2, -0.15) is 0 Å². The molecule has 2 bridgehead atoms. The van der Waals surface area contributed by atoms with Crippen LogP contribution in [-0.2, 0) is 14.3 Å². The van der Waals surface area contributed by atoms with Gasteiger partial charge in [0.25, 0.3) is 0 Å². The molecule has 4 heterocycles. The maximum absolute atomic E-state index is 12.9. The van der Waals surface area contributed by atoms with Gasteiger partial charge in [0.05, 0.1) is 39.0 Å². The summed E-state index contributed by atoms with van der Waals surface area (Å²) in [5.74, 6) is -1.88. The van der Waals surface area contributed by atoms with E-state index in [2.05, 4.69) is 4.98 Å². The van der Waals surface area contributed by atoms with Crippen molar-refractivity contribution in [3.8, 4) is 0 Å². The molecule has 0 radical (unpaired) electrons. The first-order valence-electron chi connectivity index (χ1n) is 7.26. The Balaban J connectivity index is 1.80. The lowest BCUT2D eigenvalue weighted by Gasteiger charge is -2.31. The smallest absolute Gasteiger partial charge is 0.240 e. The van der Waals surface area contributed by atoms with Crippen LogP contribution in [0, 0.1) is 15.4 Å². The number of ether oxygens (including phenoxy) is 1. The molecule has 1 N–H and O–H groups in total. The van der Waals surface area contributed by atoms with Gasteiger partial charge < -0.3 is 9.84 Å². The highest BCUT2D eigenvalue weighted by Crippen LogP contribution is 2.60. The Kier molecular flexibility index (Phi) is 3.18. The summed E-state index contributed by atoms with van der Waals surface area (Å²) in [6.07, 6.45) is 1.02. The summed E-state index contributed by atoms with van der Waals surface area (Å²) < 4.78 is 6.60. The second-order valence-electron chi connectivity index (χ2n) is 6.75. The molecule has 3 aliphatic heterocycles. The Morgan fingerprint density at radius 2 is 2.04 bits per heavy atom. The normalized spacial score (nSPS) is 41.8. The summed E-state index contributed by atoms with van der Waals surface area (Å²) in [7, 11) is 0. The van der Waals surface area contributed by atoms with E-state index in [0.29, 0.717) is 20.8 Å². The van der Waals surface area contributed by atoms with Crippen molar-refractivity contribution in [2.45, 2.75) is 37.6 Å². The van der Waals surface area contributed by atoms with Gasteiger partial charge in [-0.05, 0) is 42.5 Å². The van der Waals surface area contributed by atoms with Gasteiger partial charge in [-0.25, -0.2) is 9.88 Å². The molecule has 5 atom stereocenters. The number of aliphatic hydroxyl groups excluding tert-OH is 1. The molecule has 23 heavy (non-hydrogen) atoms. The lowest BCUT2D eigenvalue weighted by atomic mass is 9.67. The van der Waals surface area contributed by atoms with E-state index < -0.39 is 29.1 Å². The van der Waals surface area contributed by atoms with E-state index in [1.165, 1.54) is 6.20 Å². The first-order valence-corrected chi connectivity index (χ1v) is 8.72. The van der Waals surface area contributed by atoms with E-state index in [1.807, 2.05) is 22.6 Å². The summed E-state index contributed by atoms with van der Waals surface area (Å²) >= 11 is 7.92. The first-order chi connectivity index (χ1) is 10.7. The molecule has 3 aliphatic rings. The average Bonchev–Trinajstić information content (AvgIpc) is 2.96. The number of aromatic nitrogens is 1. The van der Waals surface area contributed by atoms with Crippen molar-refractivity contribution in [1.82, 2.24) is 4.98 Å². The van der Waals surface area contributed by atoms with E-state index in [-0.39, 0.29) is 11.8 Å². The number of carbonyl (C=O) groups excluding carboxylic acids is 2. The molecule has 2 unspecified atom stereocenters. The van der Waals surface area contributed by atoms with Crippen molar-refractivity contribution < 1.29 is 19.4 Å². The number of anilines is 1. The third-order valence-electron chi connectivity index (χ3n) is 5.34. The maximum Gasteiger partial charge on any atom is 0.240 e. The number of fused-ring (bicyclic) bond motifs is 5. The molecule has 0 aromatic carbocycles. The molecule has 0 aliphatic carbocycles. The number of pyridine rings is 1. The number of nitrogens with zero attached hydrogens (tertiary/aromatic N) is 2. The molecule has 0 saturated carbocycles. The highest BCUT2D eigenvalue weighted by atomic mass is 127. The Hall–Kier alpha value is -0.770. The molecule has 0 spiro atoms. The molecular weight excluding hydrogens is 435 g/mol. The number of hydrogen-bond donors (Lipinski definition) is 1. The Morgan fingerprint density at radius 3 is 2.70 bits per heavy atom. The summed E-state index contributed by atoms with van der Waals surface area (Å²) in [5, 5.41) is 10.6. The monoisotopic (exact) mass is 448 g/mol. The van der Waals surface area contributed by atoms with Crippen molar-refractivity contribution in [3.05, 3.63) is 21.0 Å². The van der Waals surface area contributed by atoms with Gasteiger partial charge in [-0.15, -0.1) is 0 Å². The van der Waals surface area contributed by atoms with Crippen LogP contribution in [0.25, 0.3) is 0 Å². The van der Waals surface area contributed by atoms with Crippen LogP contribution in [-0.4, -0.2) is 39.2 Å². The molecule has 122 valence electrons. The molecule has 3 fully saturated rings. The third-order valence-corrected chi connectivity index (χ3v) is 6.78. The Morgan fingerprint density at radius 1 is 1.39 bits per heavy atom. The predicted molar refractivity (Wildman–Crippen MR) is 90.0 cm³/mol. The highest BCUT2D eigenvalue weighted by molar-refractivity contribution is 14.1. The average molecular weight is 449 g/mol. The zero-order chi connectivity index (χ0) is 16.7. The van der Waals surface area contributed by atoms with Gasteiger partial charge in [-0.1, -0.05) is 11.6 Å². The molecule has 6 nitrogen and oxygen atoms in total. The van der Waals surface area contributed by atoms with Crippen LogP contribution in [0.1, 0.15) is 20.3 Å². The van der Waals surface area contributed by atoms with Crippen LogP contribution >= 0.6 is 34.2 Å². The maximum atomic E-state index is 12.9. The van der Waals surface area contributed by atoms with Crippen LogP contribution in [0.4, 0.5) is 5.69 Å². The summed E-state index contributed by atoms with van der Waals surface area (Å²) in [5.41, 5.74) is -1.43. The fourth-order valence-electron chi connectivity index (χ4n) is 4.31. The summed E-state index contributed by atoms with van der Waals surface area (Å²) in [4.78, 5) is 31.0. The number of halogens is 2. The summed E-state index contributed by atoms with van der Waals surface area (Å²) in [6, 6.07) is 1.66. The van der Waals surface area contributed by atoms with Gasteiger partial charge in [0.2, 0.25) is 11.8 Å². The van der Waals surface area contributed by atoms with Gasteiger partial charge in [0.1, 0.15) is 10.8 Å². The highest BCUT2D eigenvalue weighted by Gasteiger charge is 2.75. The van der Waals surface area contributed by atoms with Crippen LogP contribution < -0.4 is 4.90 Å². The molecule has 1 aromatic heterocycles. The van der Waals surface area contributed by atoms with Crippen molar-refractivity contribution in [2.24, 2.45) is 11.8 Å². The van der Waals surface area contributed by atoms with Crippen molar-refractivity contribution in [2.75, 3.05) is 4.90 Å². The van der Waals surface area contributed by atoms with Crippen molar-refractivity contribution >= 4 is 51.7 Å². The number of rotatable bonds is 1. The lowest BCUT2D eigenvalue weighted by Crippen LogP contribution is -2.49. The van der Waals surface area contributed by atoms with E-state index in [1.54, 1.807) is 19.9 Å². The standard InChI is InChI=1S/C15H14ClIN2O4/c1-14-4-8(20)15(2,23-14)10-9(14)12(21)19(13(10)22)6-3-7(17)11(16)18-5-6/h3,5,8-10,20H,4H2,1-2H3/t8-,9+,10-,14?,15?/m1/s1. The van der Waals surface area contributed by atoms with Crippen LogP contribution in [0.2, 0.25) is 5.15 Å². The van der Waals surface area contributed by atoms with Gasteiger partial charge in [0, 0.05) is 6.42 Å². The number of aliphatic hydroxyl groups is 1. The molecular formula is C15H14ClIN2O4. The lowest BCUT2D eigenvalue weighted by molar-refractivity contribution is -0.132. The van der Waals surface area contributed by atoms with Crippen LogP contribution in [0.3, 0.4) is 0 Å². The minimum absolute atomic E-state index is 0.293. The minimum Gasteiger partial charge on any atom is -0.390 e. The minimum atomic E-state index is -1.02. The van der Waals surface area contributed by atoms with Crippen LogP contribution in [0.5, 0.6) is 0 Å². The van der Waals surface area contributed by atoms with E-state index in [0.717, 1.165) is 4.90 Å². The molecule has 2 amide bonds. The third kappa shape index (κ3) is 1.85. The molecule has 1 aromatic rings. The number of carbonyl (C=O) groups is 2. The van der Waals surface area contributed by atoms with Crippen molar-refractivity contribution in [1.29, 1.82) is 0 Å². The SMILES string of the molecule is CC12C[C@@H](O)C(C)(O1)[C@H]1C(=O)N(c3cnc(Cl)c(I)c3)C(=O)[C@H]12. The zero-order valence-electron chi connectivity index (χ0n) is 12.4. The van der Waals surface area contributed by atoms with E-state index in [4.69, 9.17) is 16.3 Å². The molecule has 3 saturated heterocycles. The number of amides is 2. The molecule has 8 heteroatoms. The van der Waals surface area contributed by atoms with Crippen LogP contribution in [0.15, 0.2) is 12.3 Å². The Labute approximate surface area is 151 Å². The second kappa shape index (κ2) is 4.65. The van der Waals surface area contributed by atoms with Gasteiger partial charge >= 0.3 is 0 Å². The number of imide groups is 1. The largest absolute Gasteiger partial charge is 0.390 e. The van der Waals surface area contributed by atoms with Crippen molar-refractivity contribution in [3.63, 3.8) is 0 Å². The quantitative estimate of drug-likeness (QED) is 0.402. The van der Waals surface area contributed by atoms with Gasteiger partial charge in [0.15, 0.2) is 0 Å². The van der Waals surface area contributed by atoms with Gasteiger partial charge in [-0.3, -0.25) is 9.59 Å². The number of hydrogen-bond acceptors (Lipinski definition) is 5.